The van der Waals surface area contributed by atoms with Crippen LogP contribution in [0.2, 0.25) is 0 Å². The van der Waals surface area contributed by atoms with Crippen LogP contribution in [0.3, 0.4) is 0 Å². The number of morpholine rings is 1. The molecule has 4 aliphatic rings. The highest BCUT2D eigenvalue weighted by Crippen LogP contribution is 2.66. The Balaban J connectivity index is 1.35. The number of rotatable bonds is 13. The number of anilines is 1. The Bertz CT molecular complexity index is 2910. The Kier molecular flexibility index (Phi) is 14.0. The molecule has 5 aromatic carbocycles. The minimum absolute atomic E-state index is 0.0262. The summed E-state index contributed by atoms with van der Waals surface area (Å²) < 4.78 is 34.9. The molecule has 366 valence electrons. The van der Waals surface area contributed by atoms with E-state index in [2.05, 4.69) is 17.2 Å². The molecular formula is C54H53N5O12. The van der Waals surface area contributed by atoms with Gasteiger partial charge < -0.3 is 49.5 Å². The molecule has 0 bridgehead atoms. The number of primary amides is 1. The van der Waals surface area contributed by atoms with Gasteiger partial charge in [0.2, 0.25) is 11.8 Å². The number of amides is 5. The first-order valence-corrected chi connectivity index (χ1v) is 23.2. The number of cyclic esters (lactones) is 1. The number of carbonyl (C=O) groups excluding carboxylic acids is 5. The molecule has 71 heavy (non-hydrogen) atoms. The zero-order valence-electron chi connectivity index (χ0n) is 39.4. The summed E-state index contributed by atoms with van der Waals surface area (Å²) in [6, 6.07) is 29.9. The van der Waals surface area contributed by atoms with Crippen molar-refractivity contribution in [1.29, 1.82) is 0 Å². The lowest BCUT2D eigenvalue weighted by Gasteiger charge is -2.46. The predicted octanol–water partition coefficient (Wildman–Crippen LogP) is 5.13. The third kappa shape index (κ3) is 8.75. The number of nitrogens with one attached hydrogen (secondary N) is 1. The number of methoxy groups -OCH3 is 3. The molecule has 6 atom stereocenters. The maximum atomic E-state index is 16.6. The summed E-state index contributed by atoms with van der Waals surface area (Å²) >= 11 is 0. The van der Waals surface area contributed by atoms with Gasteiger partial charge in [0.1, 0.15) is 36.5 Å². The Morgan fingerprint density at radius 1 is 0.817 bits per heavy atom. The molecule has 5 amide bonds. The second kappa shape index (κ2) is 20.6. The zero-order valence-corrected chi connectivity index (χ0v) is 39.4. The molecule has 5 aromatic rings. The number of nitrogens with zero attached hydrogens (tertiary/aromatic N) is 3. The van der Waals surface area contributed by atoms with Gasteiger partial charge in [-0.2, -0.15) is 0 Å². The summed E-state index contributed by atoms with van der Waals surface area (Å²) in [6.45, 7) is -0.344. The Morgan fingerprint density at radius 3 is 2.21 bits per heavy atom. The van der Waals surface area contributed by atoms with Crippen molar-refractivity contribution in [3.63, 3.8) is 0 Å². The summed E-state index contributed by atoms with van der Waals surface area (Å²) in [7, 11) is 4.53. The molecule has 4 aliphatic heterocycles. The van der Waals surface area contributed by atoms with Crippen LogP contribution < -0.4 is 30.2 Å². The first-order chi connectivity index (χ1) is 34.5. The highest BCUT2D eigenvalue weighted by molar-refractivity contribution is 6.23. The van der Waals surface area contributed by atoms with E-state index in [-0.39, 0.29) is 57.3 Å². The molecule has 2 fully saturated rings. The SMILES string of the molecule is COCCOC(=O)N1C(=O)C2(c3cc(C#CCNC(N)=O)ccc31)C(C(=O)N1CCc3cc(OC)c(OC)cc3C1)C1C(=O)OC(c3ccccc3)C(c3ccccc3)N1C2c1cccc(OCCO)c1. The van der Waals surface area contributed by atoms with E-state index < -0.39 is 65.5 Å². The molecule has 2 saturated heterocycles. The lowest BCUT2D eigenvalue weighted by molar-refractivity contribution is -0.179. The predicted molar refractivity (Wildman–Crippen MR) is 257 cm³/mol. The highest BCUT2D eigenvalue weighted by atomic mass is 16.6. The van der Waals surface area contributed by atoms with Gasteiger partial charge in [0, 0.05) is 25.8 Å². The Hall–Kier alpha value is -7.91. The molecular weight excluding hydrogens is 911 g/mol. The van der Waals surface area contributed by atoms with Gasteiger partial charge in [0.15, 0.2) is 11.5 Å². The number of carbonyl (C=O) groups is 5. The number of esters is 1. The van der Waals surface area contributed by atoms with Crippen LogP contribution in [0, 0.1) is 17.8 Å². The van der Waals surface area contributed by atoms with Crippen LogP contribution >= 0.6 is 0 Å². The van der Waals surface area contributed by atoms with Gasteiger partial charge >= 0.3 is 18.1 Å². The molecule has 0 aromatic heterocycles. The summed E-state index contributed by atoms with van der Waals surface area (Å²) in [5.74, 6) is 3.57. The van der Waals surface area contributed by atoms with Crippen molar-refractivity contribution in [2.24, 2.45) is 11.7 Å². The summed E-state index contributed by atoms with van der Waals surface area (Å²) in [5, 5.41) is 12.3. The van der Waals surface area contributed by atoms with Gasteiger partial charge in [-0.25, -0.2) is 14.5 Å². The minimum Gasteiger partial charge on any atom is -0.493 e. The maximum Gasteiger partial charge on any atom is 0.421 e. The van der Waals surface area contributed by atoms with E-state index >= 15 is 14.4 Å². The number of hydrogen-bond donors (Lipinski definition) is 3. The van der Waals surface area contributed by atoms with Crippen LogP contribution in [0.4, 0.5) is 15.3 Å². The lowest BCUT2D eigenvalue weighted by Crippen LogP contribution is -2.57. The van der Waals surface area contributed by atoms with E-state index in [1.54, 1.807) is 54.5 Å². The molecule has 0 aliphatic carbocycles. The number of fused-ring (bicyclic) bond motifs is 4. The smallest absolute Gasteiger partial charge is 0.421 e. The van der Waals surface area contributed by atoms with Gasteiger partial charge in [-0.15, -0.1) is 0 Å². The van der Waals surface area contributed by atoms with Crippen molar-refractivity contribution in [1.82, 2.24) is 15.1 Å². The van der Waals surface area contributed by atoms with Crippen LogP contribution in [0.25, 0.3) is 0 Å². The molecule has 1 spiro atoms. The van der Waals surface area contributed by atoms with E-state index in [0.717, 1.165) is 21.6 Å². The number of hydrogen-bond acceptors (Lipinski definition) is 13. The molecule has 17 nitrogen and oxygen atoms in total. The summed E-state index contributed by atoms with van der Waals surface area (Å²) in [4.78, 5) is 79.4. The zero-order chi connectivity index (χ0) is 49.8. The van der Waals surface area contributed by atoms with E-state index in [9.17, 15) is 14.7 Å². The van der Waals surface area contributed by atoms with Gasteiger partial charge in [0.25, 0.3) is 0 Å². The van der Waals surface area contributed by atoms with Crippen molar-refractivity contribution < 1.29 is 57.5 Å². The van der Waals surface area contributed by atoms with E-state index in [1.165, 1.54) is 14.2 Å². The van der Waals surface area contributed by atoms with Crippen molar-refractivity contribution in [3.8, 4) is 29.1 Å². The molecule has 4 heterocycles. The van der Waals surface area contributed by atoms with Crippen molar-refractivity contribution >= 4 is 35.6 Å². The molecule has 9 rings (SSSR count). The lowest BCUT2D eigenvalue weighted by atomic mass is 9.64. The van der Waals surface area contributed by atoms with Crippen LogP contribution in [0.1, 0.15) is 57.1 Å². The third-order valence-electron chi connectivity index (χ3n) is 13.6. The van der Waals surface area contributed by atoms with Crippen LogP contribution in [0.15, 0.2) is 115 Å². The van der Waals surface area contributed by atoms with Crippen LogP contribution in [-0.2, 0) is 47.0 Å². The molecule has 6 unspecified atom stereocenters. The monoisotopic (exact) mass is 963 g/mol. The normalized spacial score (nSPS) is 22.1. The molecule has 0 saturated carbocycles. The van der Waals surface area contributed by atoms with E-state index in [1.807, 2.05) is 77.7 Å². The minimum atomic E-state index is -2.12. The van der Waals surface area contributed by atoms with E-state index in [4.69, 9.17) is 34.2 Å². The van der Waals surface area contributed by atoms with Gasteiger partial charge in [0.05, 0.1) is 57.7 Å². The Morgan fingerprint density at radius 2 is 1.52 bits per heavy atom. The van der Waals surface area contributed by atoms with Crippen molar-refractivity contribution in [3.05, 3.63) is 154 Å². The standard InChI is InChI=1S/C54H53N5O12/c1-66-26-27-70-53(65)58-41-20-19-33(12-11-22-56-52(55)64)28-40(41)54(51(58)63)44(49(61)57-23-21-36-30-42(67-2)43(68-3)31-38(36)32-57)46-50(62)71-47(35-15-8-5-9-16-35)45(34-13-6-4-7-14-34)59(46)48(54)37-17-10-18-39(29-37)69-25-24-60/h4-10,13-20,28-31,44-48,60H,21-27,32H2,1-3H3,(H3,55,56,64). The fraction of sp³-hybridized carbons (Fsp3) is 0.315. The number of benzene rings is 5. The number of nitrogens with two attached hydrogens (primary N) is 1. The number of aliphatic hydroxyl groups excluding tert-OH is 1. The van der Waals surface area contributed by atoms with Gasteiger partial charge in [-0.1, -0.05) is 84.6 Å². The third-order valence-corrected chi connectivity index (χ3v) is 13.6. The highest BCUT2D eigenvalue weighted by Gasteiger charge is 2.76. The van der Waals surface area contributed by atoms with E-state index in [0.29, 0.717) is 40.4 Å². The maximum absolute atomic E-state index is 16.6. The summed E-state index contributed by atoms with van der Waals surface area (Å²) in [5.41, 5.74) is 7.46. The molecule has 17 heteroatoms. The van der Waals surface area contributed by atoms with Crippen LogP contribution in [0.5, 0.6) is 17.2 Å². The average molecular weight is 964 g/mol. The van der Waals surface area contributed by atoms with Crippen molar-refractivity contribution in [2.45, 2.75) is 42.6 Å². The number of imide groups is 1. The number of ether oxygens (including phenoxy) is 6. The van der Waals surface area contributed by atoms with Crippen molar-refractivity contribution in [2.75, 3.05) is 65.7 Å². The largest absolute Gasteiger partial charge is 0.493 e. The fourth-order valence-electron chi connectivity index (χ4n) is 10.7. The first-order valence-electron chi connectivity index (χ1n) is 23.2. The average Bonchev–Trinajstić information content (AvgIpc) is 3.85. The number of urea groups is 1. The van der Waals surface area contributed by atoms with Crippen LogP contribution in [-0.4, -0.2) is 112 Å². The second-order valence-corrected chi connectivity index (χ2v) is 17.4. The van der Waals surface area contributed by atoms with Gasteiger partial charge in [-0.3, -0.25) is 19.3 Å². The fourth-order valence-corrected chi connectivity index (χ4v) is 10.7. The topological polar surface area (TPSA) is 209 Å². The summed E-state index contributed by atoms with van der Waals surface area (Å²) in [6.07, 6.45) is -1.59. The Labute approximate surface area is 410 Å². The number of aliphatic hydroxyl groups is 1. The molecule has 0 radical (unpaired) electrons. The molecule has 4 N–H and O–H groups in total. The van der Waals surface area contributed by atoms with Gasteiger partial charge in [-0.05, 0) is 82.3 Å². The quantitative estimate of drug-likeness (QED) is 0.0796. The second-order valence-electron chi connectivity index (χ2n) is 17.4. The first kappa shape index (κ1) is 48.1.